The molecule has 1 aliphatic heterocycles. The molecular formula is C24H32N4O3S. The third-order valence-electron chi connectivity index (χ3n) is 5.41. The number of carbonyl (C=O) groups excluding carboxylic acids is 1. The predicted molar refractivity (Wildman–Crippen MR) is 132 cm³/mol. The lowest BCUT2D eigenvalue weighted by Gasteiger charge is -2.38. The standard InChI is InChI=1S/C24H32N4O3S/c1-15(2)26-23(32)25-14-20-19-13-22(31-5)21(30-4)12-17(19)9-10-28(20)24(29)27-18-8-6-7-16(3)11-18/h6-8,11-13,15,20H,9-10,14H2,1-5H3,(H,27,29)(H2,25,26,32)/t20-/m1/s1. The number of hydrogen-bond donors (Lipinski definition) is 3. The number of rotatable bonds is 6. The van der Waals surface area contributed by atoms with E-state index >= 15 is 0 Å². The second kappa shape index (κ2) is 10.5. The number of benzene rings is 2. The number of methoxy groups -OCH3 is 2. The molecule has 0 saturated carbocycles. The van der Waals surface area contributed by atoms with Crippen LogP contribution < -0.4 is 25.4 Å². The first-order chi connectivity index (χ1) is 15.3. The van der Waals surface area contributed by atoms with Crippen LogP contribution in [0, 0.1) is 6.92 Å². The van der Waals surface area contributed by atoms with Crippen molar-refractivity contribution >= 4 is 29.0 Å². The Bertz CT molecular complexity index is 980. The van der Waals surface area contributed by atoms with Gasteiger partial charge in [-0.2, -0.15) is 0 Å². The first kappa shape index (κ1) is 23.7. The normalized spacial score (nSPS) is 15.1. The second-order valence-corrected chi connectivity index (χ2v) is 8.58. The van der Waals surface area contributed by atoms with Gasteiger partial charge in [-0.05, 0) is 80.4 Å². The van der Waals surface area contributed by atoms with Gasteiger partial charge in [0.1, 0.15) is 0 Å². The van der Waals surface area contributed by atoms with Gasteiger partial charge in [-0.3, -0.25) is 0 Å². The van der Waals surface area contributed by atoms with Gasteiger partial charge in [0.15, 0.2) is 16.6 Å². The van der Waals surface area contributed by atoms with Crippen molar-refractivity contribution < 1.29 is 14.3 Å². The van der Waals surface area contributed by atoms with E-state index in [2.05, 4.69) is 16.0 Å². The third kappa shape index (κ3) is 5.62. The molecule has 0 fully saturated rings. The van der Waals surface area contributed by atoms with Gasteiger partial charge in [-0.25, -0.2) is 4.79 Å². The summed E-state index contributed by atoms with van der Waals surface area (Å²) < 4.78 is 11.0. The number of anilines is 1. The lowest BCUT2D eigenvalue weighted by molar-refractivity contribution is 0.182. The van der Waals surface area contributed by atoms with Gasteiger partial charge in [0.05, 0.1) is 20.3 Å². The predicted octanol–water partition coefficient (Wildman–Crippen LogP) is 4.02. The van der Waals surface area contributed by atoms with Gasteiger partial charge >= 0.3 is 6.03 Å². The van der Waals surface area contributed by atoms with E-state index in [1.807, 2.05) is 62.1 Å². The number of amides is 2. The van der Waals surface area contributed by atoms with Gasteiger partial charge in [-0.15, -0.1) is 0 Å². The van der Waals surface area contributed by atoms with Crippen LogP contribution in [0.25, 0.3) is 0 Å². The van der Waals surface area contributed by atoms with Gasteiger partial charge in [0, 0.05) is 24.8 Å². The van der Waals surface area contributed by atoms with Gasteiger partial charge in [0.2, 0.25) is 0 Å². The topological polar surface area (TPSA) is 74.9 Å². The molecule has 0 radical (unpaired) electrons. The number of ether oxygens (including phenoxy) is 2. The summed E-state index contributed by atoms with van der Waals surface area (Å²) in [7, 11) is 3.24. The van der Waals surface area contributed by atoms with Crippen LogP contribution >= 0.6 is 12.2 Å². The van der Waals surface area contributed by atoms with Crippen LogP contribution in [0.5, 0.6) is 11.5 Å². The van der Waals surface area contributed by atoms with Crippen LogP contribution in [-0.2, 0) is 6.42 Å². The summed E-state index contributed by atoms with van der Waals surface area (Å²) in [5.41, 5.74) is 4.02. The zero-order valence-corrected chi connectivity index (χ0v) is 20.1. The summed E-state index contributed by atoms with van der Waals surface area (Å²) in [6, 6.07) is 11.6. The Hall–Kier alpha value is -3.00. The van der Waals surface area contributed by atoms with Gasteiger partial charge in [-0.1, -0.05) is 12.1 Å². The zero-order chi connectivity index (χ0) is 23.3. The Kier molecular flexibility index (Phi) is 7.80. The molecule has 0 saturated heterocycles. The Morgan fingerprint density at radius 1 is 1.19 bits per heavy atom. The maximum Gasteiger partial charge on any atom is 0.322 e. The molecular weight excluding hydrogens is 424 g/mol. The molecule has 0 aromatic heterocycles. The molecule has 1 aliphatic rings. The highest BCUT2D eigenvalue weighted by molar-refractivity contribution is 7.80. The number of aryl methyl sites for hydroxylation is 1. The maximum absolute atomic E-state index is 13.3. The zero-order valence-electron chi connectivity index (χ0n) is 19.3. The molecule has 8 heteroatoms. The Balaban J connectivity index is 1.89. The average molecular weight is 457 g/mol. The van der Waals surface area contributed by atoms with Crippen molar-refractivity contribution in [3.63, 3.8) is 0 Å². The molecule has 172 valence electrons. The van der Waals surface area contributed by atoms with Crippen molar-refractivity contribution in [2.75, 3.05) is 32.6 Å². The molecule has 0 bridgehead atoms. The summed E-state index contributed by atoms with van der Waals surface area (Å²) in [5.74, 6) is 1.33. The molecule has 0 unspecified atom stereocenters. The van der Waals surface area contributed by atoms with E-state index in [1.54, 1.807) is 14.2 Å². The van der Waals surface area contributed by atoms with E-state index < -0.39 is 0 Å². The number of carbonyl (C=O) groups is 1. The van der Waals surface area contributed by atoms with Crippen LogP contribution in [0.15, 0.2) is 36.4 Å². The minimum atomic E-state index is -0.227. The van der Waals surface area contributed by atoms with Crippen LogP contribution in [0.2, 0.25) is 0 Å². The summed E-state index contributed by atoms with van der Waals surface area (Å²) in [6.45, 7) is 7.12. The third-order valence-corrected chi connectivity index (χ3v) is 5.67. The van der Waals surface area contributed by atoms with E-state index in [1.165, 1.54) is 0 Å². The summed E-state index contributed by atoms with van der Waals surface area (Å²) >= 11 is 5.42. The smallest absolute Gasteiger partial charge is 0.322 e. The minimum Gasteiger partial charge on any atom is -0.493 e. The van der Waals surface area contributed by atoms with Crippen molar-refractivity contribution in [3.05, 3.63) is 53.1 Å². The van der Waals surface area contributed by atoms with Crippen LogP contribution in [-0.4, -0.2) is 49.4 Å². The highest BCUT2D eigenvalue weighted by Gasteiger charge is 2.32. The minimum absolute atomic E-state index is 0.148. The molecule has 3 N–H and O–H groups in total. The molecule has 32 heavy (non-hydrogen) atoms. The number of nitrogens with one attached hydrogen (secondary N) is 3. The Morgan fingerprint density at radius 2 is 1.91 bits per heavy atom. The molecule has 1 atom stereocenters. The van der Waals surface area contributed by atoms with Crippen LogP contribution in [0.3, 0.4) is 0 Å². The quantitative estimate of drug-likeness (QED) is 0.570. The highest BCUT2D eigenvalue weighted by atomic mass is 32.1. The fourth-order valence-electron chi connectivity index (χ4n) is 3.91. The van der Waals surface area contributed by atoms with Crippen molar-refractivity contribution in [1.82, 2.24) is 15.5 Å². The maximum atomic E-state index is 13.3. The van der Waals surface area contributed by atoms with E-state index in [-0.39, 0.29) is 18.1 Å². The fraction of sp³-hybridized carbons (Fsp3) is 0.417. The van der Waals surface area contributed by atoms with Crippen LogP contribution in [0.1, 0.15) is 36.6 Å². The number of urea groups is 1. The summed E-state index contributed by atoms with van der Waals surface area (Å²) in [5, 5.41) is 10.1. The first-order valence-corrected chi connectivity index (χ1v) is 11.2. The largest absolute Gasteiger partial charge is 0.493 e. The fourth-order valence-corrected chi connectivity index (χ4v) is 4.23. The molecule has 0 aliphatic carbocycles. The number of hydrogen-bond acceptors (Lipinski definition) is 4. The van der Waals surface area contributed by atoms with Crippen molar-refractivity contribution in [1.29, 1.82) is 0 Å². The lowest BCUT2D eigenvalue weighted by atomic mass is 9.92. The lowest BCUT2D eigenvalue weighted by Crippen LogP contribution is -2.48. The molecule has 2 amide bonds. The number of nitrogens with zero attached hydrogens (tertiary/aromatic N) is 1. The molecule has 0 spiro atoms. The van der Waals surface area contributed by atoms with Gasteiger partial charge in [0.25, 0.3) is 0 Å². The van der Waals surface area contributed by atoms with E-state index in [9.17, 15) is 4.79 Å². The first-order valence-electron chi connectivity index (χ1n) is 10.8. The van der Waals surface area contributed by atoms with Crippen LogP contribution in [0.4, 0.5) is 10.5 Å². The molecule has 2 aromatic carbocycles. The van der Waals surface area contributed by atoms with Crippen molar-refractivity contribution in [3.8, 4) is 11.5 Å². The van der Waals surface area contributed by atoms with E-state index in [0.717, 1.165) is 28.8 Å². The average Bonchev–Trinajstić information content (AvgIpc) is 2.75. The van der Waals surface area contributed by atoms with E-state index in [4.69, 9.17) is 21.7 Å². The number of fused-ring (bicyclic) bond motifs is 1. The molecule has 1 heterocycles. The summed E-state index contributed by atoms with van der Waals surface area (Å²) in [6.07, 6.45) is 0.724. The molecule has 2 aromatic rings. The highest BCUT2D eigenvalue weighted by Crippen LogP contribution is 2.38. The van der Waals surface area contributed by atoms with Crippen molar-refractivity contribution in [2.45, 2.75) is 39.3 Å². The van der Waals surface area contributed by atoms with Crippen molar-refractivity contribution in [2.24, 2.45) is 0 Å². The molecule has 7 nitrogen and oxygen atoms in total. The van der Waals surface area contributed by atoms with E-state index in [0.29, 0.717) is 29.7 Å². The monoisotopic (exact) mass is 456 g/mol. The second-order valence-electron chi connectivity index (χ2n) is 8.17. The Morgan fingerprint density at radius 3 is 2.56 bits per heavy atom. The SMILES string of the molecule is COc1cc2c(cc1OC)[C@@H](CNC(=S)NC(C)C)N(C(=O)Nc1cccc(C)c1)CC2. The van der Waals surface area contributed by atoms with Gasteiger partial charge < -0.3 is 30.3 Å². The molecule has 3 rings (SSSR count). The summed E-state index contributed by atoms with van der Waals surface area (Å²) in [4.78, 5) is 15.1. The number of thiocarbonyl (C=S) groups is 1. The Labute approximate surface area is 195 Å².